The second-order valence-electron chi connectivity index (χ2n) is 4.96. The first-order valence-corrected chi connectivity index (χ1v) is 10.9. The molecule has 0 bridgehead atoms. The van der Waals surface area contributed by atoms with E-state index in [1.807, 2.05) is 0 Å². The van der Waals surface area contributed by atoms with Crippen LogP contribution in [-0.2, 0) is 20.7 Å². The number of benzene rings is 2. The fourth-order valence-corrected chi connectivity index (χ4v) is 4.50. The highest BCUT2D eigenvalue weighted by molar-refractivity contribution is 7.89. The molecular formula is C12H7Cl2N5O5S3. The number of rotatable bonds is 4. The van der Waals surface area contributed by atoms with E-state index in [-0.39, 0.29) is 43.1 Å². The highest BCUT2D eigenvalue weighted by Crippen LogP contribution is 2.38. The maximum Gasteiger partial charge on any atom is 0.240 e. The van der Waals surface area contributed by atoms with E-state index in [4.69, 9.17) is 28.3 Å². The average molecular weight is 468 g/mol. The molecule has 1 aromatic heterocycles. The Hall–Kier alpha value is -1.90. The van der Waals surface area contributed by atoms with Crippen molar-refractivity contribution >= 4 is 78.1 Å². The Balaban J connectivity index is 2.28. The minimum absolute atomic E-state index is 0.0563. The van der Waals surface area contributed by atoms with Crippen LogP contribution in [0, 0.1) is 0 Å². The van der Waals surface area contributed by atoms with E-state index < -0.39 is 25.6 Å². The number of primary sulfonamides is 1. The van der Waals surface area contributed by atoms with Crippen molar-refractivity contribution in [2.45, 2.75) is 9.79 Å². The van der Waals surface area contributed by atoms with E-state index >= 15 is 0 Å². The summed E-state index contributed by atoms with van der Waals surface area (Å²) in [4.78, 5) is -0.941. The monoisotopic (exact) mass is 467 g/mol. The van der Waals surface area contributed by atoms with Gasteiger partial charge in [-0.05, 0) is 18.2 Å². The number of hydrogen-bond donors (Lipinski definition) is 3. The van der Waals surface area contributed by atoms with Gasteiger partial charge in [-0.3, -0.25) is 0 Å². The third kappa shape index (κ3) is 3.88. The first kappa shape index (κ1) is 19.9. The van der Waals surface area contributed by atoms with Crippen LogP contribution in [0.1, 0.15) is 0 Å². The summed E-state index contributed by atoms with van der Waals surface area (Å²) in [6.45, 7) is 0. The minimum atomic E-state index is -4.36. The van der Waals surface area contributed by atoms with Gasteiger partial charge in [0.15, 0.2) is 16.5 Å². The normalized spacial score (nSPS) is 12.4. The SMILES string of the molecule is NS(=O)(=O)c1cc([SH](=O)=O)c2nsnc2c1/N=N/c1cc(Cl)c(O)c(Cl)c1. The zero-order chi connectivity index (χ0) is 19.9. The summed E-state index contributed by atoms with van der Waals surface area (Å²) in [7, 11) is -7.52. The van der Waals surface area contributed by atoms with Crippen LogP contribution in [0.4, 0.5) is 11.4 Å². The Labute approximate surface area is 167 Å². The van der Waals surface area contributed by atoms with Crippen LogP contribution in [0.3, 0.4) is 0 Å². The zero-order valence-electron chi connectivity index (χ0n) is 12.7. The Morgan fingerprint density at radius 3 is 2.22 bits per heavy atom. The molecule has 27 heavy (non-hydrogen) atoms. The molecule has 0 atom stereocenters. The van der Waals surface area contributed by atoms with Gasteiger partial charge in [-0.1, -0.05) is 23.2 Å². The predicted octanol–water partition coefficient (Wildman–Crippen LogP) is 2.74. The van der Waals surface area contributed by atoms with Crippen LogP contribution in [0.5, 0.6) is 5.75 Å². The van der Waals surface area contributed by atoms with Crippen molar-refractivity contribution in [3.05, 3.63) is 28.2 Å². The number of aromatic hydroxyl groups is 1. The average Bonchev–Trinajstić information content (AvgIpc) is 3.05. The maximum atomic E-state index is 11.9. The van der Waals surface area contributed by atoms with Gasteiger partial charge >= 0.3 is 0 Å². The quantitative estimate of drug-likeness (QED) is 0.391. The molecule has 1 heterocycles. The largest absolute Gasteiger partial charge is 0.505 e. The molecule has 0 saturated heterocycles. The second-order valence-corrected chi connectivity index (χ2v) is 8.83. The summed E-state index contributed by atoms with van der Waals surface area (Å²) < 4.78 is 54.4. The number of aromatic nitrogens is 2. The highest BCUT2D eigenvalue weighted by atomic mass is 35.5. The van der Waals surface area contributed by atoms with Crippen LogP contribution in [-0.4, -0.2) is 30.7 Å². The molecule has 142 valence electrons. The van der Waals surface area contributed by atoms with Gasteiger partial charge < -0.3 is 5.11 Å². The highest BCUT2D eigenvalue weighted by Gasteiger charge is 2.23. The Kier molecular flexibility index (Phi) is 5.33. The van der Waals surface area contributed by atoms with E-state index in [1.54, 1.807) is 0 Å². The zero-order valence-corrected chi connectivity index (χ0v) is 16.7. The molecule has 0 spiro atoms. The number of nitrogens with zero attached hydrogens (tertiary/aromatic N) is 4. The summed E-state index contributed by atoms with van der Waals surface area (Å²) in [5, 5.41) is 22.2. The predicted molar refractivity (Wildman–Crippen MR) is 99.7 cm³/mol. The molecule has 15 heteroatoms. The Bertz CT molecular complexity index is 1260. The van der Waals surface area contributed by atoms with Crippen molar-refractivity contribution in [3.8, 4) is 5.75 Å². The molecule has 10 nitrogen and oxygen atoms in total. The van der Waals surface area contributed by atoms with Crippen molar-refractivity contribution in [2.75, 3.05) is 0 Å². The van der Waals surface area contributed by atoms with Gasteiger partial charge in [-0.2, -0.15) is 13.9 Å². The number of nitrogens with two attached hydrogens (primary N) is 1. The summed E-state index contributed by atoms with van der Waals surface area (Å²) >= 11 is 12.3. The standard InChI is InChI=1S/C12H7Cl2N5O5S3/c13-5-1-4(2-6(14)12(5)20)16-17-10-8(27(15,23)24)3-7(26(21)22)9-11(10)19-25-18-9/h1-3,20,26H,(H2,15,23,24)/b17-16+. The van der Waals surface area contributed by atoms with E-state index in [1.165, 1.54) is 12.1 Å². The molecule has 0 aliphatic heterocycles. The smallest absolute Gasteiger partial charge is 0.240 e. The van der Waals surface area contributed by atoms with Gasteiger partial charge in [0, 0.05) is 0 Å². The van der Waals surface area contributed by atoms with Crippen LogP contribution < -0.4 is 5.14 Å². The molecule has 0 saturated carbocycles. The number of hydrogen-bond acceptors (Lipinski definition) is 10. The van der Waals surface area contributed by atoms with Gasteiger partial charge in [0.05, 0.1) is 32.4 Å². The molecule has 2 aromatic carbocycles. The molecule has 0 amide bonds. The van der Waals surface area contributed by atoms with E-state index in [0.717, 1.165) is 6.07 Å². The first-order chi connectivity index (χ1) is 12.6. The Morgan fingerprint density at radius 1 is 1.07 bits per heavy atom. The minimum Gasteiger partial charge on any atom is -0.505 e. The third-order valence-electron chi connectivity index (χ3n) is 3.23. The van der Waals surface area contributed by atoms with E-state index in [0.29, 0.717) is 11.7 Å². The maximum absolute atomic E-state index is 11.9. The number of halogens is 2. The van der Waals surface area contributed by atoms with Gasteiger partial charge in [0.2, 0.25) is 10.0 Å². The molecule has 3 N–H and O–H groups in total. The van der Waals surface area contributed by atoms with Crippen molar-refractivity contribution in [1.82, 2.24) is 8.75 Å². The molecule has 0 fully saturated rings. The van der Waals surface area contributed by atoms with Gasteiger partial charge in [-0.15, -0.1) is 5.11 Å². The lowest BCUT2D eigenvalue weighted by Crippen LogP contribution is -2.13. The number of phenols is 1. The third-order valence-corrected chi connectivity index (χ3v) is 5.99. The van der Waals surface area contributed by atoms with Crippen molar-refractivity contribution in [2.24, 2.45) is 15.4 Å². The Morgan fingerprint density at radius 2 is 1.67 bits per heavy atom. The van der Waals surface area contributed by atoms with Gasteiger partial charge in [-0.25, -0.2) is 22.0 Å². The number of fused-ring (bicyclic) bond motifs is 1. The molecular weight excluding hydrogens is 461 g/mol. The van der Waals surface area contributed by atoms with Crippen LogP contribution in [0.15, 0.2) is 38.2 Å². The van der Waals surface area contributed by atoms with Crippen molar-refractivity contribution in [3.63, 3.8) is 0 Å². The fraction of sp³-hybridized carbons (Fsp3) is 0. The topological polar surface area (TPSA) is 165 Å². The molecule has 0 radical (unpaired) electrons. The summed E-state index contributed by atoms with van der Waals surface area (Å²) in [6, 6.07) is 3.32. The number of sulfonamides is 1. The van der Waals surface area contributed by atoms with Crippen molar-refractivity contribution < 1.29 is 21.9 Å². The van der Waals surface area contributed by atoms with Gasteiger partial charge in [0.1, 0.15) is 21.6 Å². The van der Waals surface area contributed by atoms with Crippen molar-refractivity contribution in [1.29, 1.82) is 0 Å². The fourth-order valence-electron chi connectivity index (χ4n) is 2.06. The lowest BCUT2D eigenvalue weighted by atomic mass is 10.2. The summed E-state index contributed by atoms with van der Waals surface area (Å²) in [5.74, 6) is -0.350. The van der Waals surface area contributed by atoms with Crippen LogP contribution >= 0.6 is 34.9 Å². The lowest BCUT2D eigenvalue weighted by Gasteiger charge is -2.05. The van der Waals surface area contributed by atoms with Crippen LogP contribution in [0.25, 0.3) is 11.0 Å². The molecule has 3 aromatic rings. The summed E-state index contributed by atoms with van der Waals surface area (Å²) in [6.07, 6.45) is 0. The molecule has 0 unspecified atom stereocenters. The number of phenolic OH excluding ortho intramolecular Hbond substituents is 1. The van der Waals surface area contributed by atoms with Gasteiger partial charge in [0.25, 0.3) is 0 Å². The molecule has 0 aliphatic rings. The van der Waals surface area contributed by atoms with E-state index in [9.17, 15) is 21.9 Å². The van der Waals surface area contributed by atoms with Crippen LogP contribution in [0.2, 0.25) is 10.0 Å². The number of thiol groups is 1. The number of azo groups is 1. The first-order valence-electron chi connectivity index (χ1n) is 6.66. The second kappa shape index (κ2) is 7.26. The molecule has 0 aliphatic carbocycles. The summed E-state index contributed by atoms with van der Waals surface area (Å²) in [5.41, 5.74) is -0.347. The lowest BCUT2D eigenvalue weighted by molar-refractivity contribution is 0.476. The molecule has 3 rings (SSSR count). The van der Waals surface area contributed by atoms with E-state index in [2.05, 4.69) is 19.0 Å².